The number of aliphatic hydroxyl groups excluding tert-OH is 1. The number of hydrogen-bond acceptors (Lipinski definition) is 4. The number of benzene rings is 2. The van der Waals surface area contributed by atoms with Crippen LogP contribution in [0.5, 0.6) is 0 Å². The minimum absolute atomic E-state index is 0.352. The van der Waals surface area contributed by atoms with Crippen LogP contribution in [0.25, 0.3) is 0 Å². The summed E-state index contributed by atoms with van der Waals surface area (Å²) in [5.41, 5.74) is -0.969. The van der Waals surface area contributed by atoms with Crippen molar-refractivity contribution in [3.63, 3.8) is 0 Å². The first-order chi connectivity index (χ1) is 14.0. The first-order valence-corrected chi connectivity index (χ1v) is 10.5. The predicted octanol–water partition coefficient (Wildman–Crippen LogP) is 3.34. The van der Waals surface area contributed by atoms with E-state index < -0.39 is 72.5 Å². The summed E-state index contributed by atoms with van der Waals surface area (Å²) in [5.74, 6) is -7.20. The zero-order chi connectivity index (χ0) is 22.2. The molecule has 2 unspecified atom stereocenters. The Morgan fingerprint density at radius 1 is 1.03 bits per heavy atom. The molecule has 3 rings (SSSR count). The highest BCUT2D eigenvalue weighted by Crippen LogP contribution is 2.27. The van der Waals surface area contributed by atoms with E-state index in [1.165, 1.54) is 0 Å². The van der Waals surface area contributed by atoms with E-state index in [1.807, 2.05) is 5.32 Å². The number of halogens is 5. The maximum Gasteiger partial charge on any atom is 0.257 e. The van der Waals surface area contributed by atoms with Gasteiger partial charge in [0.15, 0.2) is 17.5 Å². The number of sulfonamides is 1. The van der Waals surface area contributed by atoms with Gasteiger partial charge in [-0.15, -0.1) is 0 Å². The Balaban J connectivity index is 1.91. The van der Waals surface area contributed by atoms with Gasteiger partial charge in [-0.2, -0.15) is 0 Å². The molecule has 1 amide bonds. The van der Waals surface area contributed by atoms with Gasteiger partial charge >= 0.3 is 0 Å². The second-order valence-electron chi connectivity index (χ2n) is 6.70. The number of carbonyl (C=O) groups excluding carboxylic acids is 1. The van der Waals surface area contributed by atoms with Crippen LogP contribution in [-0.2, 0) is 10.0 Å². The van der Waals surface area contributed by atoms with Gasteiger partial charge in [-0.05, 0) is 31.4 Å². The topological polar surface area (TPSA) is 95.5 Å². The largest absolute Gasteiger partial charge is 0.391 e. The molecule has 12 heteroatoms. The van der Waals surface area contributed by atoms with Crippen molar-refractivity contribution >= 4 is 33.2 Å². The van der Waals surface area contributed by atoms with Crippen LogP contribution >= 0.6 is 11.6 Å². The molecule has 0 aromatic heterocycles. The van der Waals surface area contributed by atoms with Crippen LogP contribution in [0.1, 0.15) is 29.6 Å². The van der Waals surface area contributed by atoms with Crippen LogP contribution in [0.15, 0.2) is 29.2 Å². The van der Waals surface area contributed by atoms with Gasteiger partial charge < -0.3 is 10.4 Å². The smallest absolute Gasteiger partial charge is 0.257 e. The van der Waals surface area contributed by atoms with Crippen molar-refractivity contribution in [1.82, 2.24) is 4.72 Å². The molecule has 1 aliphatic carbocycles. The SMILES string of the molecule is O=C(Nc1cc(F)c(F)c(F)c1)c1cc(S(=O)(=O)NC2CCCC2O)c(F)cc1Cl. The van der Waals surface area contributed by atoms with E-state index in [9.17, 15) is 35.9 Å². The number of aliphatic hydroxyl groups is 1. The molecule has 0 radical (unpaired) electrons. The summed E-state index contributed by atoms with van der Waals surface area (Å²) >= 11 is 5.83. The monoisotopic (exact) mass is 466 g/mol. The fraction of sp³-hybridized carbons (Fsp3) is 0.278. The second-order valence-corrected chi connectivity index (χ2v) is 8.79. The van der Waals surface area contributed by atoms with Crippen LogP contribution in [0.4, 0.5) is 23.2 Å². The molecular formula is C18H15ClF4N2O4S. The molecule has 6 nitrogen and oxygen atoms in total. The standard InChI is InChI=1S/C18H15ClF4N2O4S/c19-10-7-11(20)16(30(28,29)25-14-2-1-3-15(14)26)6-9(10)18(27)24-8-4-12(21)17(23)13(22)5-8/h4-7,14-15,25-26H,1-3H2,(H,24,27). The van der Waals surface area contributed by atoms with Crippen molar-refractivity contribution in [1.29, 1.82) is 0 Å². The summed E-state index contributed by atoms with van der Waals surface area (Å²) in [7, 11) is -4.47. The Morgan fingerprint density at radius 2 is 1.67 bits per heavy atom. The lowest BCUT2D eigenvalue weighted by molar-refractivity contribution is 0.102. The zero-order valence-corrected chi connectivity index (χ0v) is 16.6. The molecule has 162 valence electrons. The molecule has 0 saturated heterocycles. The van der Waals surface area contributed by atoms with Crippen LogP contribution in [0, 0.1) is 23.3 Å². The third kappa shape index (κ3) is 4.59. The van der Waals surface area contributed by atoms with E-state index in [0.717, 1.165) is 0 Å². The Labute approximate surface area is 173 Å². The number of anilines is 1. The van der Waals surface area contributed by atoms with E-state index in [0.29, 0.717) is 43.5 Å². The molecule has 1 aliphatic rings. The molecule has 1 saturated carbocycles. The molecule has 2 aromatic carbocycles. The van der Waals surface area contributed by atoms with Crippen LogP contribution in [0.3, 0.4) is 0 Å². The molecule has 0 aliphatic heterocycles. The van der Waals surface area contributed by atoms with Crippen molar-refractivity contribution in [3.8, 4) is 0 Å². The van der Waals surface area contributed by atoms with Gasteiger partial charge in [-0.3, -0.25) is 4.79 Å². The van der Waals surface area contributed by atoms with Crippen molar-refractivity contribution in [2.45, 2.75) is 36.3 Å². The fourth-order valence-corrected chi connectivity index (χ4v) is 4.70. The minimum atomic E-state index is -4.47. The van der Waals surface area contributed by atoms with Crippen molar-refractivity contribution in [2.24, 2.45) is 0 Å². The number of nitrogens with one attached hydrogen (secondary N) is 2. The van der Waals surface area contributed by atoms with Crippen LogP contribution in [0.2, 0.25) is 5.02 Å². The number of rotatable bonds is 5. The third-order valence-electron chi connectivity index (χ3n) is 4.58. The summed E-state index contributed by atoms with van der Waals surface area (Å²) in [4.78, 5) is 11.5. The predicted molar refractivity (Wildman–Crippen MR) is 99.6 cm³/mol. The van der Waals surface area contributed by atoms with Gasteiger partial charge in [-0.1, -0.05) is 11.6 Å². The second kappa shape index (κ2) is 8.50. The Kier molecular flexibility index (Phi) is 6.37. The summed E-state index contributed by atoms with van der Waals surface area (Å²) in [6.45, 7) is 0. The van der Waals surface area contributed by atoms with Crippen LogP contribution in [-0.4, -0.2) is 31.6 Å². The van der Waals surface area contributed by atoms with Gasteiger partial charge in [0, 0.05) is 23.9 Å². The maximum absolute atomic E-state index is 14.3. The zero-order valence-electron chi connectivity index (χ0n) is 15.1. The highest BCUT2D eigenvalue weighted by atomic mass is 35.5. The number of carbonyl (C=O) groups is 1. The normalized spacial score (nSPS) is 19.1. The quantitative estimate of drug-likeness (QED) is 0.465. The van der Waals surface area contributed by atoms with Gasteiger partial charge in [0.25, 0.3) is 5.91 Å². The lowest BCUT2D eigenvalue weighted by Crippen LogP contribution is -2.40. The Morgan fingerprint density at radius 3 is 2.23 bits per heavy atom. The number of hydrogen-bond donors (Lipinski definition) is 3. The average molecular weight is 467 g/mol. The summed E-state index contributed by atoms with van der Waals surface area (Å²) in [6, 6.07) is 1.46. The maximum atomic E-state index is 14.3. The van der Waals surface area contributed by atoms with Crippen molar-refractivity contribution in [3.05, 3.63) is 58.1 Å². The molecule has 0 spiro atoms. The Bertz CT molecular complexity index is 1090. The van der Waals surface area contributed by atoms with Crippen molar-refractivity contribution < 1.29 is 35.9 Å². The first kappa shape index (κ1) is 22.5. The molecule has 2 aromatic rings. The molecule has 0 bridgehead atoms. The van der Waals surface area contributed by atoms with E-state index in [1.54, 1.807) is 0 Å². The first-order valence-electron chi connectivity index (χ1n) is 8.65. The molecule has 3 N–H and O–H groups in total. The lowest BCUT2D eigenvalue weighted by Gasteiger charge is -2.17. The van der Waals surface area contributed by atoms with Gasteiger partial charge in [0.05, 0.1) is 16.7 Å². The van der Waals surface area contributed by atoms with E-state index in [2.05, 4.69) is 4.72 Å². The van der Waals surface area contributed by atoms with Gasteiger partial charge in [0.1, 0.15) is 10.7 Å². The molecular weight excluding hydrogens is 452 g/mol. The fourth-order valence-electron chi connectivity index (χ4n) is 3.08. The van der Waals surface area contributed by atoms with E-state index in [-0.39, 0.29) is 0 Å². The lowest BCUT2D eigenvalue weighted by atomic mass is 10.2. The summed E-state index contributed by atoms with van der Waals surface area (Å²) < 4.78 is 81.3. The summed E-state index contributed by atoms with van der Waals surface area (Å²) in [5, 5.41) is 11.4. The van der Waals surface area contributed by atoms with Gasteiger partial charge in [-0.25, -0.2) is 30.7 Å². The molecule has 2 atom stereocenters. The third-order valence-corrected chi connectivity index (χ3v) is 6.40. The van der Waals surface area contributed by atoms with Crippen molar-refractivity contribution in [2.75, 3.05) is 5.32 Å². The van der Waals surface area contributed by atoms with E-state index >= 15 is 0 Å². The summed E-state index contributed by atoms with van der Waals surface area (Å²) in [6.07, 6.45) is 0.385. The van der Waals surface area contributed by atoms with Gasteiger partial charge in [0.2, 0.25) is 10.0 Å². The highest BCUT2D eigenvalue weighted by Gasteiger charge is 2.32. The highest BCUT2D eigenvalue weighted by molar-refractivity contribution is 7.89. The molecule has 0 heterocycles. The molecule has 1 fully saturated rings. The minimum Gasteiger partial charge on any atom is -0.391 e. The molecule has 30 heavy (non-hydrogen) atoms. The Hall–Kier alpha value is -2.21. The van der Waals surface area contributed by atoms with E-state index in [4.69, 9.17) is 11.6 Å². The number of amides is 1. The average Bonchev–Trinajstić information content (AvgIpc) is 3.03. The van der Waals surface area contributed by atoms with Crippen LogP contribution < -0.4 is 10.0 Å².